The lowest BCUT2D eigenvalue weighted by Crippen LogP contribution is -2.12. The summed E-state index contributed by atoms with van der Waals surface area (Å²) in [6, 6.07) is 9.41. The van der Waals surface area contributed by atoms with Crippen molar-refractivity contribution >= 4 is 22.6 Å². The lowest BCUT2D eigenvalue weighted by Gasteiger charge is -2.08. The molecule has 4 rings (SSSR count). The number of amides is 1. The summed E-state index contributed by atoms with van der Waals surface area (Å²) >= 11 is 0. The van der Waals surface area contributed by atoms with Crippen molar-refractivity contribution in [2.45, 2.75) is 13.0 Å². The highest BCUT2D eigenvalue weighted by Crippen LogP contribution is 2.24. The zero-order valence-electron chi connectivity index (χ0n) is 16.2. The van der Waals surface area contributed by atoms with Gasteiger partial charge < -0.3 is 19.6 Å². The molecule has 4 aromatic rings. The Morgan fingerprint density at radius 2 is 2.00 bits per heavy atom. The van der Waals surface area contributed by atoms with Gasteiger partial charge in [-0.15, -0.1) is 0 Å². The van der Waals surface area contributed by atoms with Gasteiger partial charge in [-0.3, -0.25) is 4.79 Å². The third-order valence-electron chi connectivity index (χ3n) is 4.79. The molecule has 2 aromatic heterocycles. The minimum absolute atomic E-state index is 0.189. The van der Waals surface area contributed by atoms with Crippen molar-refractivity contribution in [3.63, 3.8) is 0 Å². The Kier molecular flexibility index (Phi) is 4.63. The average molecular weight is 393 g/mol. The SMILES string of the molecule is CC(O)c1nc2cc(NC(=O)c3cc(F)cc(-c4nccn4C)c3)ccc2n1C. The van der Waals surface area contributed by atoms with E-state index in [1.165, 1.54) is 12.1 Å². The third-order valence-corrected chi connectivity index (χ3v) is 4.79. The van der Waals surface area contributed by atoms with Crippen LogP contribution in [0.4, 0.5) is 10.1 Å². The van der Waals surface area contributed by atoms with Crippen LogP contribution < -0.4 is 5.32 Å². The maximum Gasteiger partial charge on any atom is 0.255 e. The number of carbonyl (C=O) groups excluding carboxylic acids is 1. The number of aliphatic hydroxyl groups excluding tert-OH is 1. The van der Waals surface area contributed by atoms with Gasteiger partial charge in [0.2, 0.25) is 0 Å². The number of imidazole rings is 2. The second-order valence-corrected chi connectivity index (χ2v) is 6.95. The number of nitrogens with one attached hydrogen (secondary N) is 1. The Hall–Kier alpha value is -3.52. The van der Waals surface area contributed by atoms with Gasteiger partial charge in [0, 0.05) is 43.3 Å². The van der Waals surface area contributed by atoms with Gasteiger partial charge >= 0.3 is 0 Å². The predicted octanol–water partition coefficient (Wildman–Crippen LogP) is 3.42. The van der Waals surface area contributed by atoms with Crippen LogP contribution in [0.2, 0.25) is 0 Å². The Balaban J connectivity index is 1.64. The summed E-state index contributed by atoms with van der Waals surface area (Å²) in [5.74, 6) is 0.149. The number of nitrogens with zero attached hydrogens (tertiary/aromatic N) is 4. The van der Waals surface area contributed by atoms with Crippen LogP contribution in [0, 0.1) is 5.82 Å². The summed E-state index contributed by atoms with van der Waals surface area (Å²) in [5.41, 5.74) is 2.72. The maximum atomic E-state index is 14.1. The lowest BCUT2D eigenvalue weighted by molar-refractivity contribution is 0.102. The highest BCUT2D eigenvalue weighted by atomic mass is 19.1. The normalized spacial score (nSPS) is 12.3. The third kappa shape index (κ3) is 3.50. The van der Waals surface area contributed by atoms with E-state index in [1.54, 1.807) is 53.7 Å². The smallest absolute Gasteiger partial charge is 0.255 e. The van der Waals surface area contributed by atoms with Crippen LogP contribution in [0.5, 0.6) is 0 Å². The van der Waals surface area contributed by atoms with E-state index < -0.39 is 17.8 Å². The van der Waals surface area contributed by atoms with Gasteiger partial charge in [0.05, 0.1) is 11.0 Å². The fourth-order valence-electron chi connectivity index (χ4n) is 3.37. The summed E-state index contributed by atoms with van der Waals surface area (Å²) < 4.78 is 17.7. The van der Waals surface area contributed by atoms with Crippen LogP contribution in [-0.2, 0) is 14.1 Å². The zero-order chi connectivity index (χ0) is 20.7. The van der Waals surface area contributed by atoms with E-state index in [-0.39, 0.29) is 5.56 Å². The molecule has 8 heteroatoms. The second-order valence-electron chi connectivity index (χ2n) is 6.95. The Morgan fingerprint density at radius 1 is 1.21 bits per heavy atom. The van der Waals surface area contributed by atoms with E-state index >= 15 is 0 Å². The number of aromatic nitrogens is 4. The molecule has 2 heterocycles. The molecular weight excluding hydrogens is 373 g/mol. The topological polar surface area (TPSA) is 85.0 Å². The van der Waals surface area contributed by atoms with Gasteiger partial charge in [-0.25, -0.2) is 14.4 Å². The minimum Gasteiger partial charge on any atom is -0.385 e. The highest BCUT2D eigenvalue weighted by Gasteiger charge is 2.15. The summed E-state index contributed by atoms with van der Waals surface area (Å²) in [5, 5.41) is 12.6. The standard InChI is InChI=1S/C21H20FN5O2/c1-12(28)19-25-17-11-16(4-5-18(17)27(19)3)24-21(29)14-8-13(9-15(22)10-14)20-23-6-7-26(20)2/h4-12,28H,1-3H3,(H,24,29). The number of carbonyl (C=O) groups is 1. The molecule has 1 atom stereocenters. The van der Waals surface area contributed by atoms with Gasteiger partial charge in [-0.05, 0) is 43.3 Å². The quantitative estimate of drug-likeness (QED) is 0.556. The Bertz CT molecular complexity index is 1230. The number of benzene rings is 2. The zero-order valence-corrected chi connectivity index (χ0v) is 16.2. The first-order valence-corrected chi connectivity index (χ1v) is 9.07. The van der Waals surface area contributed by atoms with Crippen LogP contribution in [-0.4, -0.2) is 30.1 Å². The molecule has 7 nitrogen and oxygen atoms in total. The summed E-state index contributed by atoms with van der Waals surface area (Å²) in [6.07, 6.45) is 2.66. The Labute approximate surface area is 166 Å². The highest BCUT2D eigenvalue weighted by molar-refractivity contribution is 6.05. The first-order valence-electron chi connectivity index (χ1n) is 9.07. The molecule has 1 unspecified atom stereocenters. The van der Waals surface area contributed by atoms with E-state index in [4.69, 9.17) is 0 Å². The number of aryl methyl sites for hydroxylation is 2. The lowest BCUT2D eigenvalue weighted by atomic mass is 10.1. The monoisotopic (exact) mass is 393 g/mol. The Morgan fingerprint density at radius 3 is 2.69 bits per heavy atom. The van der Waals surface area contributed by atoms with Crippen molar-refractivity contribution < 1.29 is 14.3 Å². The van der Waals surface area contributed by atoms with Crippen molar-refractivity contribution in [3.05, 3.63) is 66.0 Å². The van der Waals surface area contributed by atoms with Crippen molar-refractivity contribution in [1.82, 2.24) is 19.1 Å². The number of aliphatic hydroxyl groups is 1. The number of hydrogen-bond donors (Lipinski definition) is 2. The van der Waals surface area contributed by atoms with Crippen molar-refractivity contribution in [2.75, 3.05) is 5.32 Å². The molecule has 0 saturated carbocycles. The molecule has 0 aliphatic rings. The van der Waals surface area contributed by atoms with E-state index in [0.29, 0.717) is 28.4 Å². The summed E-state index contributed by atoms with van der Waals surface area (Å²) in [6.45, 7) is 1.65. The van der Waals surface area contributed by atoms with E-state index in [1.807, 2.05) is 13.1 Å². The molecule has 0 bridgehead atoms. The number of rotatable bonds is 4. The van der Waals surface area contributed by atoms with Crippen LogP contribution in [0.3, 0.4) is 0 Å². The van der Waals surface area contributed by atoms with Crippen molar-refractivity contribution in [3.8, 4) is 11.4 Å². The number of hydrogen-bond acceptors (Lipinski definition) is 4. The van der Waals surface area contributed by atoms with E-state index in [2.05, 4.69) is 15.3 Å². The van der Waals surface area contributed by atoms with Gasteiger partial charge in [0.1, 0.15) is 23.6 Å². The fourth-order valence-corrected chi connectivity index (χ4v) is 3.37. The van der Waals surface area contributed by atoms with Crippen LogP contribution in [0.1, 0.15) is 29.2 Å². The predicted molar refractivity (Wildman–Crippen MR) is 108 cm³/mol. The molecule has 29 heavy (non-hydrogen) atoms. The molecule has 0 saturated heterocycles. The molecule has 2 N–H and O–H groups in total. The maximum absolute atomic E-state index is 14.1. The number of anilines is 1. The number of fused-ring (bicyclic) bond motifs is 1. The largest absolute Gasteiger partial charge is 0.385 e. The fraction of sp³-hybridized carbons (Fsp3) is 0.190. The van der Waals surface area contributed by atoms with Crippen LogP contribution >= 0.6 is 0 Å². The van der Waals surface area contributed by atoms with Crippen molar-refractivity contribution in [1.29, 1.82) is 0 Å². The molecule has 0 radical (unpaired) electrons. The van der Waals surface area contributed by atoms with E-state index in [9.17, 15) is 14.3 Å². The van der Waals surface area contributed by atoms with Gasteiger partial charge in [0.15, 0.2) is 0 Å². The molecule has 0 aliphatic carbocycles. The molecule has 0 aliphatic heterocycles. The van der Waals surface area contributed by atoms with Gasteiger partial charge in [0.25, 0.3) is 5.91 Å². The van der Waals surface area contributed by atoms with Crippen LogP contribution in [0.25, 0.3) is 22.4 Å². The molecule has 148 valence electrons. The minimum atomic E-state index is -0.706. The average Bonchev–Trinajstić information content (AvgIpc) is 3.24. The molecular formula is C21H20FN5O2. The van der Waals surface area contributed by atoms with Gasteiger partial charge in [-0.2, -0.15) is 0 Å². The van der Waals surface area contributed by atoms with E-state index in [0.717, 1.165) is 5.52 Å². The first-order chi connectivity index (χ1) is 13.8. The molecule has 1 amide bonds. The van der Waals surface area contributed by atoms with Gasteiger partial charge in [-0.1, -0.05) is 0 Å². The second kappa shape index (κ2) is 7.14. The summed E-state index contributed by atoms with van der Waals surface area (Å²) in [7, 11) is 3.62. The molecule has 2 aromatic carbocycles. The first kappa shape index (κ1) is 18.8. The molecule has 0 fully saturated rings. The number of halogens is 1. The summed E-state index contributed by atoms with van der Waals surface area (Å²) in [4.78, 5) is 21.3. The van der Waals surface area contributed by atoms with Crippen molar-refractivity contribution in [2.24, 2.45) is 14.1 Å². The van der Waals surface area contributed by atoms with Crippen LogP contribution in [0.15, 0.2) is 48.8 Å². The molecule has 0 spiro atoms.